The minimum Gasteiger partial charge on any atom is -0.326 e. The van der Waals surface area contributed by atoms with E-state index in [1.54, 1.807) is 4.31 Å². The summed E-state index contributed by atoms with van der Waals surface area (Å²) in [5.41, 5.74) is 7.40. The number of nitrogens with two attached hydrogens (primary N) is 1. The molecule has 0 radical (unpaired) electrons. The first-order chi connectivity index (χ1) is 9.55. The third-order valence-electron chi connectivity index (χ3n) is 3.92. The summed E-state index contributed by atoms with van der Waals surface area (Å²) < 4.78 is 26.5. The van der Waals surface area contributed by atoms with Gasteiger partial charge in [0.15, 0.2) is 0 Å². The van der Waals surface area contributed by atoms with E-state index in [1.165, 1.54) is 0 Å². The molecule has 1 unspecified atom stereocenters. The summed E-state index contributed by atoms with van der Waals surface area (Å²) >= 11 is 0. The molecule has 0 saturated carbocycles. The third kappa shape index (κ3) is 3.81. The Balaban J connectivity index is 2.04. The molecular formula is C15H24N2O2S. The Morgan fingerprint density at radius 1 is 1.35 bits per heavy atom. The van der Waals surface area contributed by atoms with Crippen LogP contribution in [0.25, 0.3) is 0 Å². The van der Waals surface area contributed by atoms with Crippen molar-refractivity contribution in [3.63, 3.8) is 0 Å². The van der Waals surface area contributed by atoms with E-state index in [2.05, 4.69) is 6.92 Å². The van der Waals surface area contributed by atoms with Crippen molar-refractivity contribution in [1.29, 1.82) is 0 Å². The molecule has 1 fully saturated rings. The SMILES string of the molecule is CCCC1CCN(S(=O)(=O)Cc2cccc(CN)c2)C1. The largest absolute Gasteiger partial charge is 0.326 e. The van der Waals surface area contributed by atoms with Crippen LogP contribution >= 0.6 is 0 Å². The van der Waals surface area contributed by atoms with Gasteiger partial charge in [-0.15, -0.1) is 0 Å². The molecule has 1 atom stereocenters. The molecule has 1 aliphatic heterocycles. The second-order valence-electron chi connectivity index (χ2n) is 5.58. The molecule has 1 aliphatic rings. The zero-order chi connectivity index (χ0) is 14.6. The molecule has 1 aromatic carbocycles. The Labute approximate surface area is 122 Å². The van der Waals surface area contributed by atoms with Crippen molar-refractivity contribution in [2.45, 2.75) is 38.5 Å². The minimum absolute atomic E-state index is 0.0830. The number of hydrogen-bond acceptors (Lipinski definition) is 3. The quantitative estimate of drug-likeness (QED) is 0.874. The molecule has 1 saturated heterocycles. The first-order valence-corrected chi connectivity index (χ1v) is 8.91. The van der Waals surface area contributed by atoms with Crippen molar-refractivity contribution >= 4 is 10.0 Å². The average Bonchev–Trinajstić information content (AvgIpc) is 2.88. The van der Waals surface area contributed by atoms with E-state index in [1.807, 2.05) is 24.3 Å². The lowest BCUT2D eigenvalue weighted by molar-refractivity contribution is 0.444. The maximum absolute atomic E-state index is 12.4. The Morgan fingerprint density at radius 2 is 2.10 bits per heavy atom. The van der Waals surface area contributed by atoms with Crippen LogP contribution in [0.15, 0.2) is 24.3 Å². The second-order valence-corrected chi connectivity index (χ2v) is 7.55. The molecular weight excluding hydrogens is 272 g/mol. The smallest absolute Gasteiger partial charge is 0.218 e. The van der Waals surface area contributed by atoms with Gasteiger partial charge in [-0.25, -0.2) is 12.7 Å². The van der Waals surface area contributed by atoms with E-state index in [9.17, 15) is 8.42 Å². The summed E-state index contributed by atoms with van der Waals surface area (Å²) in [6.07, 6.45) is 3.24. The van der Waals surface area contributed by atoms with Gasteiger partial charge in [-0.2, -0.15) is 0 Å². The summed E-state index contributed by atoms with van der Waals surface area (Å²) in [6, 6.07) is 7.54. The van der Waals surface area contributed by atoms with E-state index in [0.717, 1.165) is 30.4 Å². The fraction of sp³-hybridized carbons (Fsp3) is 0.600. The van der Waals surface area contributed by atoms with Gasteiger partial charge in [0.2, 0.25) is 10.0 Å². The van der Waals surface area contributed by atoms with Crippen molar-refractivity contribution in [2.24, 2.45) is 11.7 Å². The van der Waals surface area contributed by atoms with Crippen LogP contribution in [0.2, 0.25) is 0 Å². The topological polar surface area (TPSA) is 63.4 Å². The monoisotopic (exact) mass is 296 g/mol. The molecule has 5 heteroatoms. The molecule has 0 amide bonds. The maximum atomic E-state index is 12.4. The highest BCUT2D eigenvalue weighted by Crippen LogP contribution is 2.25. The van der Waals surface area contributed by atoms with E-state index >= 15 is 0 Å². The first-order valence-electron chi connectivity index (χ1n) is 7.31. The van der Waals surface area contributed by atoms with Gasteiger partial charge in [0.25, 0.3) is 0 Å². The highest BCUT2D eigenvalue weighted by molar-refractivity contribution is 7.88. The lowest BCUT2D eigenvalue weighted by atomic mass is 10.0. The lowest BCUT2D eigenvalue weighted by Gasteiger charge is -2.17. The van der Waals surface area contributed by atoms with E-state index in [0.29, 0.717) is 25.6 Å². The zero-order valence-electron chi connectivity index (χ0n) is 12.1. The van der Waals surface area contributed by atoms with E-state index in [-0.39, 0.29) is 5.75 Å². The number of sulfonamides is 1. The van der Waals surface area contributed by atoms with Crippen LogP contribution in [0.4, 0.5) is 0 Å². The van der Waals surface area contributed by atoms with Crippen molar-refractivity contribution < 1.29 is 8.42 Å². The highest BCUT2D eigenvalue weighted by atomic mass is 32.2. The van der Waals surface area contributed by atoms with Crippen molar-refractivity contribution in [3.05, 3.63) is 35.4 Å². The molecule has 112 valence electrons. The number of hydrogen-bond donors (Lipinski definition) is 1. The molecule has 2 N–H and O–H groups in total. The van der Waals surface area contributed by atoms with Gasteiger partial charge in [0, 0.05) is 19.6 Å². The summed E-state index contributed by atoms with van der Waals surface area (Å²) in [6.45, 7) is 3.95. The van der Waals surface area contributed by atoms with Crippen molar-refractivity contribution in [2.75, 3.05) is 13.1 Å². The third-order valence-corrected chi connectivity index (χ3v) is 5.73. The fourth-order valence-electron chi connectivity index (χ4n) is 2.84. The number of nitrogens with zero attached hydrogens (tertiary/aromatic N) is 1. The van der Waals surface area contributed by atoms with Crippen LogP contribution in [0.1, 0.15) is 37.3 Å². The fourth-order valence-corrected chi connectivity index (χ4v) is 4.45. The predicted molar refractivity (Wildman–Crippen MR) is 81.5 cm³/mol. The lowest BCUT2D eigenvalue weighted by Crippen LogP contribution is -2.30. The Kier molecular flexibility index (Phi) is 5.18. The van der Waals surface area contributed by atoms with Gasteiger partial charge in [-0.1, -0.05) is 37.6 Å². The van der Waals surface area contributed by atoms with Crippen molar-refractivity contribution in [1.82, 2.24) is 4.31 Å². The maximum Gasteiger partial charge on any atom is 0.218 e. The van der Waals surface area contributed by atoms with Gasteiger partial charge >= 0.3 is 0 Å². The van der Waals surface area contributed by atoms with Crippen LogP contribution < -0.4 is 5.73 Å². The number of benzene rings is 1. The first kappa shape index (κ1) is 15.5. The molecule has 1 heterocycles. The molecule has 2 rings (SSSR count). The normalized spacial score (nSPS) is 20.4. The predicted octanol–water partition coefficient (Wildman–Crippen LogP) is 2.10. The van der Waals surface area contributed by atoms with Crippen LogP contribution in [-0.2, 0) is 22.3 Å². The van der Waals surface area contributed by atoms with Crippen LogP contribution in [0.3, 0.4) is 0 Å². The average molecular weight is 296 g/mol. The zero-order valence-corrected chi connectivity index (χ0v) is 12.9. The Morgan fingerprint density at radius 3 is 2.80 bits per heavy atom. The second kappa shape index (κ2) is 6.70. The summed E-state index contributed by atoms with van der Waals surface area (Å²) in [4.78, 5) is 0. The molecule has 4 nitrogen and oxygen atoms in total. The molecule has 0 spiro atoms. The molecule has 0 aromatic heterocycles. The molecule has 20 heavy (non-hydrogen) atoms. The molecule has 1 aromatic rings. The van der Waals surface area contributed by atoms with Gasteiger partial charge < -0.3 is 5.73 Å². The Hall–Kier alpha value is -0.910. The molecule has 0 aliphatic carbocycles. The van der Waals surface area contributed by atoms with E-state index < -0.39 is 10.0 Å². The van der Waals surface area contributed by atoms with E-state index in [4.69, 9.17) is 5.73 Å². The number of rotatable bonds is 6. The van der Waals surface area contributed by atoms with Gasteiger partial charge in [-0.05, 0) is 29.9 Å². The van der Waals surface area contributed by atoms with Crippen LogP contribution in [0.5, 0.6) is 0 Å². The Bertz CT molecular complexity index is 543. The van der Waals surface area contributed by atoms with Gasteiger partial charge in [0.1, 0.15) is 0 Å². The van der Waals surface area contributed by atoms with Crippen LogP contribution in [0, 0.1) is 5.92 Å². The summed E-state index contributed by atoms with van der Waals surface area (Å²) in [5.74, 6) is 0.616. The summed E-state index contributed by atoms with van der Waals surface area (Å²) in [5, 5.41) is 0. The molecule has 0 bridgehead atoms. The standard InChI is InChI=1S/C15H24N2O2S/c1-2-4-13-7-8-17(11-13)20(18,19)12-15-6-3-5-14(9-15)10-16/h3,5-6,9,13H,2,4,7-8,10-12,16H2,1H3. The van der Waals surface area contributed by atoms with Gasteiger partial charge in [-0.3, -0.25) is 0 Å². The highest BCUT2D eigenvalue weighted by Gasteiger charge is 2.30. The van der Waals surface area contributed by atoms with Crippen molar-refractivity contribution in [3.8, 4) is 0 Å². The minimum atomic E-state index is -3.20. The summed E-state index contributed by atoms with van der Waals surface area (Å²) in [7, 11) is -3.20. The van der Waals surface area contributed by atoms with Crippen LogP contribution in [-0.4, -0.2) is 25.8 Å². The van der Waals surface area contributed by atoms with Gasteiger partial charge in [0.05, 0.1) is 5.75 Å².